The van der Waals surface area contributed by atoms with Gasteiger partial charge in [-0.2, -0.15) is 0 Å². The highest BCUT2D eigenvalue weighted by atomic mass is 28.4. The van der Waals surface area contributed by atoms with Crippen LogP contribution < -0.4 is 0 Å². The first-order chi connectivity index (χ1) is 10.2. The fourth-order valence-electron chi connectivity index (χ4n) is 1.88. The SMILES string of the molecule is C=C(/C=C/CCc1ccccc1)CCO[Si](C)(C)C(C)(C)C. The van der Waals surface area contributed by atoms with Gasteiger partial charge in [-0.25, -0.2) is 0 Å². The zero-order valence-electron chi connectivity index (χ0n) is 15.0. The molecule has 0 aromatic heterocycles. The van der Waals surface area contributed by atoms with Gasteiger partial charge in [-0.05, 0) is 43.0 Å². The summed E-state index contributed by atoms with van der Waals surface area (Å²) in [5.74, 6) is 0. The van der Waals surface area contributed by atoms with Gasteiger partial charge in [0.15, 0.2) is 8.32 Å². The van der Waals surface area contributed by atoms with Crippen LogP contribution in [-0.2, 0) is 10.8 Å². The predicted octanol–water partition coefficient (Wildman–Crippen LogP) is 6.14. The molecule has 0 aliphatic carbocycles. The summed E-state index contributed by atoms with van der Waals surface area (Å²) in [5, 5.41) is 0.278. The van der Waals surface area contributed by atoms with E-state index in [1.807, 2.05) is 0 Å². The van der Waals surface area contributed by atoms with Crippen molar-refractivity contribution in [1.82, 2.24) is 0 Å². The molecule has 0 aliphatic heterocycles. The molecular formula is C20H32OSi. The Bertz CT molecular complexity index is 480. The second-order valence-corrected chi connectivity index (χ2v) is 12.3. The highest BCUT2D eigenvalue weighted by molar-refractivity contribution is 6.74. The summed E-state index contributed by atoms with van der Waals surface area (Å²) in [7, 11) is -1.62. The van der Waals surface area contributed by atoms with Gasteiger partial charge in [0.05, 0.1) is 0 Å². The van der Waals surface area contributed by atoms with E-state index < -0.39 is 8.32 Å². The Labute approximate surface area is 138 Å². The molecule has 1 rings (SSSR count). The molecule has 0 spiro atoms. The first-order valence-corrected chi connectivity index (χ1v) is 11.2. The lowest BCUT2D eigenvalue weighted by Crippen LogP contribution is -2.40. The van der Waals surface area contributed by atoms with Crippen LogP contribution in [0.2, 0.25) is 18.1 Å². The minimum Gasteiger partial charge on any atom is -0.416 e. The van der Waals surface area contributed by atoms with Gasteiger partial charge >= 0.3 is 0 Å². The maximum absolute atomic E-state index is 6.18. The van der Waals surface area contributed by atoms with Crippen molar-refractivity contribution in [3.63, 3.8) is 0 Å². The summed E-state index contributed by atoms with van der Waals surface area (Å²) in [5.41, 5.74) is 2.55. The minimum atomic E-state index is -1.62. The van der Waals surface area contributed by atoms with Crippen molar-refractivity contribution in [2.75, 3.05) is 6.61 Å². The highest BCUT2D eigenvalue weighted by Crippen LogP contribution is 2.36. The van der Waals surface area contributed by atoms with E-state index in [9.17, 15) is 0 Å². The molecule has 1 aromatic carbocycles. The maximum atomic E-state index is 6.18. The maximum Gasteiger partial charge on any atom is 0.191 e. The second kappa shape index (κ2) is 8.49. The van der Waals surface area contributed by atoms with Gasteiger partial charge in [0.1, 0.15) is 0 Å². The average Bonchev–Trinajstić information content (AvgIpc) is 2.43. The third kappa shape index (κ3) is 6.76. The summed E-state index contributed by atoms with van der Waals surface area (Å²) in [4.78, 5) is 0. The van der Waals surface area contributed by atoms with E-state index in [1.54, 1.807) is 0 Å². The minimum absolute atomic E-state index is 0.278. The first kappa shape index (κ1) is 18.9. The van der Waals surface area contributed by atoms with E-state index in [1.165, 1.54) is 5.56 Å². The van der Waals surface area contributed by atoms with Gasteiger partial charge in [0.25, 0.3) is 0 Å². The quantitative estimate of drug-likeness (QED) is 0.413. The van der Waals surface area contributed by atoms with E-state index in [0.717, 1.165) is 31.4 Å². The molecule has 0 N–H and O–H groups in total. The lowest BCUT2D eigenvalue weighted by Gasteiger charge is -2.36. The third-order valence-corrected chi connectivity index (χ3v) is 9.03. The lowest BCUT2D eigenvalue weighted by atomic mass is 10.1. The van der Waals surface area contributed by atoms with Crippen LogP contribution in [0.1, 0.15) is 39.2 Å². The van der Waals surface area contributed by atoms with Crippen LogP contribution in [0, 0.1) is 0 Å². The van der Waals surface area contributed by atoms with E-state index in [2.05, 4.69) is 82.9 Å². The fraction of sp³-hybridized carbons (Fsp3) is 0.500. The van der Waals surface area contributed by atoms with Crippen molar-refractivity contribution in [3.8, 4) is 0 Å². The lowest BCUT2D eigenvalue weighted by molar-refractivity contribution is 0.292. The smallest absolute Gasteiger partial charge is 0.191 e. The van der Waals surface area contributed by atoms with Gasteiger partial charge < -0.3 is 4.43 Å². The monoisotopic (exact) mass is 316 g/mol. The molecule has 0 fully saturated rings. The van der Waals surface area contributed by atoms with Crippen LogP contribution in [0.3, 0.4) is 0 Å². The number of hydrogen-bond acceptors (Lipinski definition) is 1. The van der Waals surface area contributed by atoms with Crippen molar-refractivity contribution >= 4 is 8.32 Å². The summed E-state index contributed by atoms with van der Waals surface area (Å²) in [6.07, 6.45) is 7.45. The van der Waals surface area contributed by atoms with Crippen LogP contribution >= 0.6 is 0 Å². The summed E-state index contributed by atoms with van der Waals surface area (Å²) >= 11 is 0. The Balaban J connectivity index is 2.25. The summed E-state index contributed by atoms with van der Waals surface area (Å²) in [6, 6.07) is 10.6. The largest absolute Gasteiger partial charge is 0.416 e. The standard InChI is InChI=1S/C20H32OSi/c1-18(16-17-21-22(5,6)20(2,3)4)12-10-11-15-19-13-8-7-9-14-19/h7-10,12-14H,1,11,15-17H2,2-6H3/b12-10+. The molecule has 0 aliphatic rings. The Morgan fingerprint density at radius 1 is 1.18 bits per heavy atom. The van der Waals surface area contributed by atoms with Crippen molar-refractivity contribution in [1.29, 1.82) is 0 Å². The van der Waals surface area contributed by atoms with Crippen LogP contribution in [0.4, 0.5) is 0 Å². The molecule has 0 bridgehead atoms. The number of rotatable bonds is 8. The van der Waals surface area contributed by atoms with Crippen molar-refractivity contribution in [2.45, 2.75) is 58.2 Å². The number of allylic oxidation sites excluding steroid dienone is 2. The number of aryl methyl sites for hydroxylation is 1. The molecule has 2 heteroatoms. The zero-order chi connectivity index (χ0) is 16.6. The summed E-state index contributed by atoms with van der Waals surface area (Å²) < 4.78 is 6.18. The predicted molar refractivity (Wildman–Crippen MR) is 101 cm³/mol. The van der Waals surface area contributed by atoms with Gasteiger partial charge in [0.2, 0.25) is 0 Å². The van der Waals surface area contributed by atoms with Crippen LogP contribution in [0.25, 0.3) is 0 Å². The van der Waals surface area contributed by atoms with Gasteiger partial charge in [-0.1, -0.05) is 75.4 Å². The van der Waals surface area contributed by atoms with Crippen LogP contribution in [0.15, 0.2) is 54.6 Å². The van der Waals surface area contributed by atoms with E-state index in [4.69, 9.17) is 4.43 Å². The van der Waals surface area contributed by atoms with Crippen LogP contribution in [-0.4, -0.2) is 14.9 Å². The molecule has 122 valence electrons. The Morgan fingerprint density at radius 2 is 1.82 bits per heavy atom. The van der Waals surface area contributed by atoms with E-state index in [0.29, 0.717) is 0 Å². The molecule has 22 heavy (non-hydrogen) atoms. The van der Waals surface area contributed by atoms with Crippen molar-refractivity contribution in [3.05, 3.63) is 60.2 Å². The van der Waals surface area contributed by atoms with E-state index >= 15 is 0 Å². The molecule has 0 radical (unpaired) electrons. The third-order valence-electron chi connectivity index (χ3n) is 4.49. The molecule has 0 saturated carbocycles. The Hall–Kier alpha value is -1.12. The summed E-state index contributed by atoms with van der Waals surface area (Å²) in [6.45, 7) is 16.3. The molecule has 0 heterocycles. The topological polar surface area (TPSA) is 9.23 Å². The Morgan fingerprint density at radius 3 is 2.41 bits per heavy atom. The number of hydrogen-bond donors (Lipinski definition) is 0. The molecule has 0 saturated heterocycles. The van der Waals surface area contributed by atoms with Gasteiger partial charge in [0, 0.05) is 6.61 Å². The second-order valence-electron chi connectivity index (χ2n) is 7.44. The first-order valence-electron chi connectivity index (χ1n) is 8.24. The molecule has 1 nitrogen and oxygen atoms in total. The fourth-order valence-corrected chi connectivity index (χ4v) is 2.93. The van der Waals surface area contributed by atoms with Crippen LogP contribution in [0.5, 0.6) is 0 Å². The average molecular weight is 317 g/mol. The molecule has 0 amide bonds. The van der Waals surface area contributed by atoms with Crippen molar-refractivity contribution in [2.24, 2.45) is 0 Å². The normalized spacial score (nSPS) is 12.8. The van der Waals surface area contributed by atoms with E-state index in [-0.39, 0.29) is 5.04 Å². The highest BCUT2D eigenvalue weighted by Gasteiger charge is 2.36. The molecule has 0 unspecified atom stereocenters. The number of benzene rings is 1. The molecular weight excluding hydrogens is 284 g/mol. The zero-order valence-corrected chi connectivity index (χ0v) is 16.0. The van der Waals surface area contributed by atoms with Gasteiger partial charge in [-0.15, -0.1) is 0 Å². The van der Waals surface area contributed by atoms with Crippen molar-refractivity contribution < 1.29 is 4.43 Å². The molecule has 1 aromatic rings. The molecule has 0 atom stereocenters. The van der Waals surface area contributed by atoms with Gasteiger partial charge in [-0.3, -0.25) is 0 Å². The Kier molecular flexibility index (Phi) is 7.31.